The van der Waals surface area contributed by atoms with Crippen molar-refractivity contribution in [2.24, 2.45) is 0 Å². The smallest absolute Gasteiger partial charge is 0.306 e. The summed E-state index contributed by atoms with van der Waals surface area (Å²) in [5.41, 5.74) is 0. The standard InChI is InChI=1S/C50H94N4O9/c1-8-9-24-32-45(63-50(60)37-30-36-49(59)62-43-41-54(5,6)7)44(55)31-25-20-16-12-13-17-21-26-33-46(56)51-38-27-22-18-14-10-11-15-19-23-28-39-52-47(57)34-29-35-48(58)61-42-40-53(2,3)4/h20,25,44-45,55H,8-19,21-24,26-43H2,1-7H3/p+2. The van der Waals surface area contributed by atoms with Gasteiger partial charge in [-0.05, 0) is 64.2 Å². The van der Waals surface area contributed by atoms with Gasteiger partial charge in [0, 0.05) is 45.2 Å². The lowest BCUT2D eigenvalue weighted by atomic mass is 10.0. The molecule has 0 aromatic rings. The van der Waals surface area contributed by atoms with E-state index < -0.39 is 12.2 Å². The summed E-state index contributed by atoms with van der Waals surface area (Å²) in [5, 5.41) is 16.9. The minimum absolute atomic E-state index is 0.0113. The Bertz CT molecular complexity index is 1220. The van der Waals surface area contributed by atoms with Gasteiger partial charge in [0.15, 0.2) is 0 Å². The van der Waals surface area contributed by atoms with Crippen LogP contribution in [0, 0.1) is 0 Å². The quantitative estimate of drug-likeness (QED) is 0.0180. The number of likely N-dealkylation sites (N-methyl/N-ethyl adjacent to an activating group) is 2. The second-order valence-corrected chi connectivity index (χ2v) is 19.5. The maximum Gasteiger partial charge on any atom is 0.306 e. The first-order chi connectivity index (χ1) is 30.0. The number of carbonyl (C=O) groups is 5. The Morgan fingerprint density at radius 3 is 1.43 bits per heavy atom. The molecule has 0 aromatic carbocycles. The molecule has 2 amide bonds. The number of hydrogen-bond acceptors (Lipinski definition) is 9. The highest BCUT2D eigenvalue weighted by atomic mass is 16.6. The van der Waals surface area contributed by atoms with Crippen molar-refractivity contribution in [2.45, 2.75) is 199 Å². The van der Waals surface area contributed by atoms with Gasteiger partial charge in [-0.15, -0.1) is 0 Å². The summed E-state index contributed by atoms with van der Waals surface area (Å²) >= 11 is 0. The largest absolute Gasteiger partial charge is 0.460 e. The summed E-state index contributed by atoms with van der Waals surface area (Å²) < 4.78 is 17.6. The van der Waals surface area contributed by atoms with Crippen molar-refractivity contribution in [1.82, 2.24) is 10.6 Å². The molecule has 2 atom stereocenters. The van der Waals surface area contributed by atoms with Crippen LogP contribution in [0.2, 0.25) is 0 Å². The number of aliphatic hydroxyl groups is 1. The Hall–Kier alpha value is -3.03. The SMILES string of the molecule is CCCCCC(OC(=O)CCCC(=O)OCC[N+](C)(C)C)C(O)CC=CCCCCCCCC(=O)NCCCCCCCCCCCCNC(=O)CCCC(=O)OCC[N+](C)(C)C. The highest BCUT2D eigenvalue weighted by Crippen LogP contribution is 2.17. The van der Waals surface area contributed by atoms with Crippen LogP contribution < -0.4 is 10.6 Å². The minimum atomic E-state index is -0.756. The zero-order valence-corrected chi connectivity index (χ0v) is 41.5. The summed E-state index contributed by atoms with van der Waals surface area (Å²) in [7, 11) is 12.3. The molecule has 0 heterocycles. The molecule has 0 spiro atoms. The molecule has 13 heteroatoms. The van der Waals surface area contributed by atoms with Crippen molar-refractivity contribution < 1.29 is 52.3 Å². The highest BCUT2D eigenvalue weighted by molar-refractivity contribution is 5.77. The lowest BCUT2D eigenvalue weighted by molar-refractivity contribution is -0.870. The van der Waals surface area contributed by atoms with Gasteiger partial charge in [-0.1, -0.05) is 103 Å². The van der Waals surface area contributed by atoms with E-state index in [4.69, 9.17) is 14.2 Å². The van der Waals surface area contributed by atoms with Gasteiger partial charge >= 0.3 is 17.9 Å². The van der Waals surface area contributed by atoms with Crippen LogP contribution in [0.5, 0.6) is 0 Å². The van der Waals surface area contributed by atoms with E-state index in [9.17, 15) is 29.1 Å². The lowest BCUT2D eigenvalue weighted by Gasteiger charge is -2.23. The molecule has 0 aromatic heterocycles. The predicted octanol–water partition coefficient (Wildman–Crippen LogP) is 8.49. The number of carbonyl (C=O) groups excluding carboxylic acids is 5. The van der Waals surface area contributed by atoms with Gasteiger partial charge in [0.2, 0.25) is 11.8 Å². The number of nitrogens with one attached hydrogen (secondary N) is 2. The van der Waals surface area contributed by atoms with E-state index in [1.54, 1.807) is 0 Å². The first kappa shape index (κ1) is 60.0. The van der Waals surface area contributed by atoms with E-state index >= 15 is 0 Å². The van der Waals surface area contributed by atoms with Gasteiger partial charge in [0.1, 0.15) is 32.4 Å². The Balaban J connectivity index is 3.77. The van der Waals surface area contributed by atoms with E-state index in [2.05, 4.69) is 44.8 Å². The average Bonchev–Trinajstić information content (AvgIpc) is 3.20. The maximum absolute atomic E-state index is 12.5. The number of amides is 2. The summed E-state index contributed by atoms with van der Waals surface area (Å²) in [6.07, 6.45) is 27.1. The number of rotatable bonds is 43. The Labute approximate surface area is 384 Å². The van der Waals surface area contributed by atoms with Crippen LogP contribution in [-0.2, 0) is 38.2 Å². The molecule has 13 nitrogen and oxygen atoms in total. The average molecular weight is 897 g/mol. The second-order valence-electron chi connectivity index (χ2n) is 19.5. The molecule has 3 N–H and O–H groups in total. The molecule has 2 unspecified atom stereocenters. The molecule has 0 radical (unpaired) electrons. The third kappa shape index (κ3) is 44.0. The Morgan fingerprint density at radius 2 is 0.937 bits per heavy atom. The fourth-order valence-corrected chi connectivity index (χ4v) is 6.81. The molecule has 0 saturated carbocycles. The fourth-order valence-electron chi connectivity index (χ4n) is 6.81. The molecule has 63 heavy (non-hydrogen) atoms. The molecule has 368 valence electrons. The summed E-state index contributed by atoms with van der Waals surface area (Å²) in [6, 6.07) is 0. The molecular formula is C50H96N4O9+2. The van der Waals surface area contributed by atoms with Crippen LogP contribution in [-0.4, -0.2) is 138 Å². The van der Waals surface area contributed by atoms with Gasteiger partial charge in [0.05, 0.1) is 48.4 Å². The maximum atomic E-state index is 12.5. The molecule has 0 aliphatic heterocycles. The van der Waals surface area contributed by atoms with Gasteiger partial charge in [-0.3, -0.25) is 24.0 Å². The number of unbranched alkanes of at least 4 members (excludes halogenated alkanes) is 16. The number of esters is 3. The van der Waals surface area contributed by atoms with Crippen molar-refractivity contribution in [2.75, 3.05) is 81.7 Å². The van der Waals surface area contributed by atoms with Gasteiger partial charge in [0.25, 0.3) is 0 Å². The normalized spacial score (nSPS) is 12.8. The molecule has 0 fully saturated rings. The topological polar surface area (TPSA) is 157 Å². The van der Waals surface area contributed by atoms with Crippen molar-refractivity contribution in [3.63, 3.8) is 0 Å². The zero-order valence-electron chi connectivity index (χ0n) is 41.5. The monoisotopic (exact) mass is 897 g/mol. The van der Waals surface area contributed by atoms with Gasteiger partial charge in [-0.25, -0.2) is 0 Å². The van der Waals surface area contributed by atoms with Crippen LogP contribution in [0.4, 0.5) is 0 Å². The van der Waals surface area contributed by atoms with Crippen LogP contribution in [0.3, 0.4) is 0 Å². The van der Waals surface area contributed by atoms with E-state index in [-0.39, 0.29) is 49.0 Å². The second kappa shape index (κ2) is 39.3. The van der Waals surface area contributed by atoms with E-state index in [0.29, 0.717) is 62.8 Å². The molecule has 0 bridgehead atoms. The van der Waals surface area contributed by atoms with E-state index in [1.165, 1.54) is 38.5 Å². The fraction of sp³-hybridized carbons (Fsp3) is 0.860. The van der Waals surface area contributed by atoms with Crippen LogP contribution in [0.15, 0.2) is 12.2 Å². The highest BCUT2D eigenvalue weighted by Gasteiger charge is 2.22. The van der Waals surface area contributed by atoms with Crippen molar-refractivity contribution in [1.29, 1.82) is 0 Å². The molecular weight excluding hydrogens is 801 g/mol. The first-order valence-corrected chi connectivity index (χ1v) is 25.0. The van der Waals surface area contributed by atoms with Crippen molar-refractivity contribution in [3.8, 4) is 0 Å². The molecule has 0 aliphatic carbocycles. The van der Waals surface area contributed by atoms with Crippen LogP contribution in [0.25, 0.3) is 0 Å². The van der Waals surface area contributed by atoms with Crippen LogP contribution >= 0.6 is 0 Å². The van der Waals surface area contributed by atoms with Crippen molar-refractivity contribution in [3.05, 3.63) is 12.2 Å². The zero-order chi connectivity index (χ0) is 47.0. The summed E-state index contributed by atoms with van der Waals surface area (Å²) in [4.78, 5) is 60.6. The first-order valence-electron chi connectivity index (χ1n) is 25.0. The van der Waals surface area contributed by atoms with Gasteiger partial charge in [-0.2, -0.15) is 0 Å². The number of ether oxygens (including phenoxy) is 3. The lowest BCUT2D eigenvalue weighted by Crippen LogP contribution is -2.38. The van der Waals surface area contributed by atoms with Crippen LogP contribution in [0.1, 0.15) is 187 Å². The third-order valence-corrected chi connectivity index (χ3v) is 11.0. The summed E-state index contributed by atoms with van der Waals surface area (Å²) in [6.45, 7) is 5.84. The summed E-state index contributed by atoms with van der Waals surface area (Å²) in [5.74, 6) is -0.744. The van der Waals surface area contributed by atoms with E-state index in [1.807, 2.05) is 27.2 Å². The van der Waals surface area contributed by atoms with E-state index in [0.717, 1.165) is 108 Å². The number of allylic oxidation sites excluding steroid dienone is 1. The Kier molecular flexibility index (Phi) is 37.5. The number of nitrogens with zero attached hydrogens (tertiary/aromatic N) is 2. The molecule has 0 aliphatic rings. The third-order valence-electron chi connectivity index (χ3n) is 11.0. The predicted molar refractivity (Wildman–Crippen MR) is 254 cm³/mol. The number of hydrogen-bond donors (Lipinski definition) is 3. The molecule has 0 rings (SSSR count). The van der Waals surface area contributed by atoms with Crippen molar-refractivity contribution >= 4 is 29.7 Å². The number of aliphatic hydroxyl groups excluding tert-OH is 1. The minimum Gasteiger partial charge on any atom is -0.460 e. The Morgan fingerprint density at radius 1 is 0.508 bits per heavy atom. The van der Waals surface area contributed by atoms with Gasteiger partial charge < -0.3 is 38.9 Å². The molecule has 0 saturated heterocycles. The number of quaternary nitrogens is 2.